The molecular formula is C27H35F3N6O3. The third kappa shape index (κ3) is 6.83. The molecule has 0 aromatic carbocycles. The number of carbonyl (C=O) groups is 2. The number of rotatable bonds is 7. The number of anilines is 3. The Labute approximate surface area is 225 Å². The molecule has 0 atom stereocenters. The van der Waals surface area contributed by atoms with Crippen LogP contribution in [0.4, 0.5) is 30.7 Å². The molecule has 1 saturated carbocycles. The molecule has 5 rings (SSSR count). The standard InChI is InChI=1S/C27H35F3N6O3/c28-27(29,30)24-23(39-26(34-24)36-12-4-1-5-13-36)25(38)33-20-8-9-21(31-17-20)35-14-10-18(11-15-35)16-22(37)32-19-6-2-3-7-19/h8-9,17-19H,1-7,10-16H2,(H,32,37)(H,33,38). The van der Waals surface area contributed by atoms with E-state index in [9.17, 15) is 22.8 Å². The van der Waals surface area contributed by atoms with Crippen molar-refractivity contribution in [1.29, 1.82) is 0 Å². The van der Waals surface area contributed by atoms with Crippen LogP contribution < -0.4 is 20.4 Å². The van der Waals surface area contributed by atoms with Crippen LogP contribution in [0.5, 0.6) is 0 Å². The minimum atomic E-state index is -4.82. The van der Waals surface area contributed by atoms with Crippen molar-refractivity contribution in [3.05, 3.63) is 29.8 Å². The van der Waals surface area contributed by atoms with Gasteiger partial charge in [0.2, 0.25) is 11.7 Å². The fourth-order valence-electron chi connectivity index (χ4n) is 5.70. The Hall–Kier alpha value is -3.31. The smallest absolute Gasteiger partial charge is 0.417 e. The van der Waals surface area contributed by atoms with E-state index in [1.807, 2.05) is 0 Å². The molecule has 1 aliphatic carbocycles. The zero-order valence-electron chi connectivity index (χ0n) is 21.9. The zero-order chi connectivity index (χ0) is 27.4. The Morgan fingerprint density at radius 2 is 1.67 bits per heavy atom. The van der Waals surface area contributed by atoms with Crippen molar-refractivity contribution in [1.82, 2.24) is 15.3 Å². The lowest BCUT2D eigenvalue weighted by molar-refractivity contribution is -0.141. The Balaban J connectivity index is 1.15. The van der Waals surface area contributed by atoms with Crippen LogP contribution in [0, 0.1) is 5.92 Å². The van der Waals surface area contributed by atoms with Crippen molar-refractivity contribution in [2.24, 2.45) is 5.92 Å². The topological polar surface area (TPSA) is 104 Å². The number of aromatic nitrogens is 2. The molecule has 39 heavy (non-hydrogen) atoms. The third-order valence-corrected chi connectivity index (χ3v) is 7.86. The van der Waals surface area contributed by atoms with Gasteiger partial charge in [-0.3, -0.25) is 9.59 Å². The van der Waals surface area contributed by atoms with E-state index in [0.29, 0.717) is 37.3 Å². The largest absolute Gasteiger partial charge is 0.437 e. The van der Waals surface area contributed by atoms with Crippen LogP contribution in [0.3, 0.4) is 0 Å². The van der Waals surface area contributed by atoms with Gasteiger partial charge in [0, 0.05) is 38.6 Å². The van der Waals surface area contributed by atoms with Crippen LogP contribution in [0.15, 0.2) is 22.7 Å². The molecule has 12 heteroatoms. The number of hydrogen-bond donors (Lipinski definition) is 2. The number of amides is 2. The molecule has 3 fully saturated rings. The maximum absolute atomic E-state index is 13.6. The number of halogens is 3. The molecule has 2 N–H and O–H groups in total. The zero-order valence-corrected chi connectivity index (χ0v) is 21.9. The Morgan fingerprint density at radius 1 is 0.949 bits per heavy atom. The monoisotopic (exact) mass is 548 g/mol. The first kappa shape index (κ1) is 27.3. The Bertz CT molecular complexity index is 1130. The fourth-order valence-corrected chi connectivity index (χ4v) is 5.70. The van der Waals surface area contributed by atoms with Gasteiger partial charge in [0.05, 0.1) is 11.9 Å². The maximum Gasteiger partial charge on any atom is 0.437 e. The molecular weight excluding hydrogens is 513 g/mol. The second-order valence-electron chi connectivity index (χ2n) is 10.8. The summed E-state index contributed by atoms with van der Waals surface area (Å²) in [6.07, 6.45) is 6.08. The highest BCUT2D eigenvalue weighted by Gasteiger charge is 2.42. The van der Waals surface area contributed by atoms with E-state index in [1.165, 1.54) is 19.0 Å². The summed E-state index contributed by atoms with van der Waals surface area (Å²) in [6, 6.07) is 3.49. The van der Waals surface area contributed by atoms with Gasteiger partial charge >= 0.3 is 6.18 Å². The average molecular weight is 549 g/mol. The van der Waals surface area contributed by atoms with Crippen molar-refractivity contribution >= 4 is 29.3 Å². The highest BCUT2D eigenvalue weighted by Crippen LogP contribution is 2.35. The van der Waals surface area contributed by atoms with Gasteiger partial charge in [0.15, 0.2) is 5.69 Å². The van der Waals surface area contributed by atoms with Gasteiger partial charge in [-0.25, -0.2) is 4.98 Å². The molecule has 2 amide bonds. The van der Waals surface area contributed by atoms with E-state index in [0.717, 1.165) is 58.0 Å². The number of hydrogen-bond acceptors (Lipinski definition) is 7. The minimum Gasteiger partial charge on any atom is -0.417 e. The number of alkyl halides is 3. The SMILES string of the molecule is O=C(CC1CCN(c2ccc(NC(=O)c3oc(N4CCCCC4)nc3C(F)(F)F)cn2)CC1)NC1CCCC1. The van der Waals surface area contributed by atoms with E-state index in [-0.39, 0.29) is 17.6 Å². The summed E-state index contributed by atoms with van der Waals surface area (Å²) in [5, 5.41) is 5.62. The van der Waals surface area contributed by atoms with Crippen LogP contribution in [0.1, 0.15) is 80.5 Å². The molecule has 3 aliphatic rings. The summed E-state index contributed by atoms with van der Waals surface area (Å²) in [7, 11) is 0. The summed E-state index contributed by atoms with van der Waals surface area (Å²) in [4.78, 5) is 36.9. The van der Waals surface area contributed by atoms with E-state index < -0.39 is 23.5 Å². The number of pyridine rings is 1. The third-order valence-electron chi connectivity index (χ3n) is 7.86. The van der Waals surface area contributed by atoms with Gasteiger partial charge < -0.3 is 24.9 Å². The van der Waals surface area contributed by atoms with Gasteiger partial charge in [-0.15, -0.1) is 0 Å². The summed E-state index contributed by atoms with van der Waals surface area (Å²) in [5.41, 5.74) is -1.07. The predicted octanol–water partition coefficient (Wildman–Crippen LogP) is 5.00. The van der Waals surface area contributed by atoms with Crippen molar-refractivity contribution in [3.8, 4) is 0 Å². The number of nitrogens with one attached hydrogen (secondary N) is 2. The quantitative estimate of drug-likeness (QED) is 0.502. The highest BCUT2D eigenvalue weighted by atomic mass is 19.4. The average Bonchev–Trinajstić information content (AvgIpc) is 3.61. The van der Waals surface area contributed by atoms with Crippen molar-refractivity contribution < 1.29 is 27.2 Å². The van der Waals surface area contributed by atoms with Crippen LogP contribution in [0.25, 0.3) is 0 Å². The molecule has 0 spiro atoms. The summed E-state index contributed by atoms with van der Waals surface area (Å²) in [5.74, 6) is -0.691. The first-order valence-corrected chi connectivity index (χ1v) is 13.9. The number of carbonyl (C=O) groups excluding carboxylic acids is 2. The number of oxazole rings is 1. The first-order valence-electron chi connectivity index (χ1n) is 13.9. The number of nitrogens with zero attached hydrogens (tertiary/aromatic N) is 4. The molecule has 2 saturated heterocycles. The van der Waals surface area contributed by atoms with Crippen LogP contribution in [-0.4, -0.2) is 54.0 Å². The summed E-state index contributed by atoms with van der Waals surface area (Å²) >= 11 is 0. The van der Waals surface area contributed by atoms with E-state index >= 15 is 0 Å². The highest BCUT2D eigenvalue weighted by molar-refractivity contribution is 6.03. The summed E-state index contributed by atoms with van der Waals surface area (Å²) < 4.78 is 46.2. The summed E-state index contributed by atoms with van der Waals surface area (Å²) in [6.45, 7) is 2.59. The van der Waals surface area contributed by atoms with Crippen LogP contribution >= 0.6 is 0 Å². The molecule has 0 unspecified atom stereocenters. The van der Waals surface area contributed by atoms with Gasteiger partial charge in [-0.1, -0.05) is 12.8 Å². The molecule has 4 heterocycles. The van der Waals surface area contributed by atoms with Gasteiger partial charge in [0.25, 0.3) is 11.9 Å². The Kier molecular flexibility index (Phi) is 8.27. The van der Waals surface area contributed by atoms with E-state index in [2.05, 4.69) is 25.5 Å². The van der Waals surface area contributed by atoms with E-state index in [1.54, 1.807) is 17.0 Å². The normalized spacial score (nSPS) is 19.4. The molecule has 2 aromatic heterocycles. The van der Waals surface area contributed by atoms with Crippen molar-refractivity contribution in [2.75, 3.05) is 41.3 Å². The van der Waals surface area contributed by atoms with Gasteiger partial charge in [-0.2, -0.15) is 18.2 Å². The molecule has 9 nitrogen and oxygen atoms in total. The molecule has 212 valence electrons. The molecule has 2 aromatic rings. The lowest BCUT2D eigenvalue weighted by atomic mass is 9.93. The van der Waals surface area contributed by atoms with E-state index in [4.69, 9.17) is 4.42 Å². The lowest BCUT2D eigenvalue weighted by Crippen LogP contribution is -2.38. The molecule has 2 aliphatic heterocycles. The number of piperidine rings is 2. The fraction of sp³-hybridized carbons (Fsp3) is 0.630. The predicted molar refractivity (Wildman–Crippen MR) is 140 cm³/mol. The second-order valence-corrected chi connectivity index (χ2v) is 10.8. The maximum atomic E-state index is 13.6. The second kappa shape index (κ2) is 11.8. The van der Waals surface area contributed by atoms with Crippen molar-refractivity contribution in [3.63, 3.8) is 0 Å². The van der Waals surface area contributed by atoms with Crippen molar-refractivity contribution in [2.45, 2.75) is 76.4 Å². The van der Waals surface area contributed by atoms with Crippen LogP contribution in [-0.2, 0) is 11.0 Å². The lowest BCUT2D eigenvalue weighted by Gasteiger charge is -2.32. The molecule has 0 bridgehead atoms. The molecule has 0 radical (unpaired) electrons. The van der Waals surface area contributed by atoms with Gasteiger partial charge in [-0.05, 0) is 63.0 Å². The van der Waals surface area contributed by atoms with Crippen LogP contribution in [0.2, 0.25) is 0 Å². The van der Waals surface area contributed by atoms with Gasteiger partial charge in [0.1, 0.15) is 5.82 Å². The minimum absolute atomic E-state index is 0.141. The first-order chi connectivity index (χ1) is 18.8. The Morgan fingerprint density at radius 3 is 2.31 bits per heavy atom.